The number of halogens is 2. The Morgan fingerprint density at radius 1 is 1.18 bits per heavy atom. The second-order valence-electron chi connectivity index (χ2n) is 6.77. The zero-order valence-corrected chi connectivity index (χ0v) is 18.7. The summed E-state index contributed by atoms with van der Waals surface area (Å²) in [6.45, 7) is 14.8. The zero-order valence-electron chi connectivity index (χ0n) is 14.6. The maximum absolute atomic E-state index is 6.13. The van der Waals surface area contributed by atoms with Gasteiger partial charge in [0.25, 0.3) is 0 Å². The molecule has 1 rings (SSSR count). The molecule has 22 heavy (non-hydrogen) atoms. The average molecular weight is 399 g/mol. The van der Waals surface area contributed by atoms with Gasteiger partial charge in [0.1, 0.15) is 0 Å². The van der Waals surface area contributed by atoms with E-state index < -0.39 is 8.32 Å². The molecule has 0 fully saturated rings. The maximum Gasteiger partial charge on any atom is 3.00 e. The van der Waals surface area contributed by atoms with Crippen molar-refractivity contribution in [2.45, 2.75) is 52.9 Å². The summed E-state index contributed by atoms with van der Waals surface area (Å²) < 4.78 is 11.4. The summed E-state index contributed by atoms with van der Waals surface area (Å²) in [4.78, 5) is 0. The second kappa shape index (κ2) is 10.1. The Hall–Kier alpha value is 0.131. The van der Waals surface area contributed by atoms with Crippen molar-refractivity contribution < 1.29 is 55.7 Å². The fraction of sp³-hybridized carbons (Fsp3) is 0.600. The largest absolute Gasteiger partial charge is 3.00 e. The number of nitrogens with one attached hydrogen (secondary N) is 1. The maximum atomic E-state index is 6.13. The van der Waals surface area contributed by atoms with Gasteiger partial charge >= 0.3 is 21.7 Å². The van der Waals surface area contributed by atoms with Crippen LogP contribution in [0.4, 0.5) is 0 Å². The summed E-state index contributed by atoms with van der Waals surface area (Å²) in [5.41, 5.74) is 1.84. The van der Waals surface area contributed by atoms with E-state index in [1.54, 1.807) is 7.11 Å². The Labute approximate surface area is 163 Å². The molecule has 0 aromatic carbocycles. The minimum Gasteiger partial charge on any atom is -1.00 e. The van der Waals surface area contributed by atoms with Gasteiger partial charge in [0, 0.05) is 17.1 Å². The van der Waals surface area contributed by atoms with Gasteiger partial charge in [-0.25, -0.2) is 0 Å². The van der Waals surface area contributed by atoms with Gasteiger partial charge in [-0.1, -0.05) is 0 Å². The van der Waals surface area contributed by atoms with Crippen LogP contribution in [0.25, 0.3) is 0 Å². The monoisotopic (exact) mass is 398 g/mol. The zero-order chi connectivity index (χ0) is 14.8. The van der Waals surface area contributed by atoms with Gasteiger partial charge in [0.15, 0.2) is 0 Å². The summed E-state index contributed by atoms with van der Waals surface area (Å²) in [6.07, 6.45) is 5.34. The van der Waals surface area contributed by atoms with Gasteiger partial charge in [0.2, 0.25) is 8.32 Å². The van der Waals surface area contributed by atoms with Crippen LogP contribution in [0.1, 0.15) is 27.7 Å². The van der Waals surface area contributed by atoms with E-state index in [1.165, 1.54) is 0 Å². The molecule has 0 bridgehead atoms. The van der Waals surface area contributed by atoms with Crippen molar-refractivity contribution in [3.63, 3.8) is 0 Å². The molecule has 0 atom stereocenters. The van der Waals surface area contributed by atoms with E-state index in [-0.39, 0.29) is 52.1 Å². The summed E-state index contributed by atoms with van der Waals surface area (Å²) in [5.74, 6) is 1.72. The molecule has 0 saturated heterocycles. The molecule has 0 heterocycles. The van der Waals surface area contributed by atoms with Gasteiger partial charge < -0.3 is 39.3 Å². The van der Waals surface area contributed by atoms with Crippen LogP contribution in [0.5, 0.6) is 0 Å². The number of hydrogen-bond donors (Lipinski definition) is 1. The molecule has 0 aliphatic heterocycles. The predicted octanol–water partition coefficient (Wildman–Crippen LogP) is -2.26. The number of rotatable bonds is 4. The molecule has 1 aliphatic rings. The van der Waals surface area contributed by atoms with Crippen LogP contribution < -0.4 is 30.1 Å². The molecule has 0 aromatic rings. The summed E-state index contributed by atoms with van der Waals surface area (Å²) in [7, 11) is 0.0262. The minimum atomic E-state index is -1.65. The number of methoxy groups -OCH3 is 1. The standard InChI is InChI=1S/C15H26NO2Si.2ClH.Ti/c1-11(17-5)12-9-13(16-15(2,3)4)14(10-12)18-19(6,7)8;;;/h10,16H,1-8H3;2*1H;/q-1;;;+3/p-2. The SMILES string of the molecule is COC(C)=C1[C-]=C(NC(C)(C)C)C(O[Si](C)(C)C)=C1.[Cl-].[Cl-].[Ti+3]. The van der Waals surface area contributed by atoms with Gasteiger partial charge in [-0.05, 0) is 53.0 Å². The molecular formula is C15H26Cl2NO2SiTi. The molecule has 1 N–H and O–H groups in total. The Morgan fingerprint density at radius 3 is 2.05 bits per heavy atom. The van der Waals surface area contributed by atoms with Crippen LogP contribution in [0.2, 0.25) is 19.6 Å². The average Bonchev–Trinajstić information content (AvgIpc) is 2.55. The van der Waals surface area contributed by atoms with Crippen LogP contribution in [-0.2, 0) is 30.9 Å². The molecule has 0 aromatic heterocycles. The van der Waals surface area contributed by atoms with E-state index in [9.17, 15) is 0 Å². The predicted molar refractivity (Wildman–Crippen MR) is 81.9 cm³/mol. The third-order valence-electron chi connectivity index (χ3n) is 2.38. The van der Waals surface area contributed by atoms with Gasteiger partial charge in [-0.3, -0.25) is 0 Å². The van der Waals surface area contributed by atoms with E-state index in [4.69, 9.17) is 9.16 Å². The van der Waals surface area contributed by atoms with Crippen LogP contribution in [0.3, 0.4) is 0 Å². The van der Waals surface area contributed by atoms with Gasteiger partial charge in [0.05, 0.1) is 7.11 Å². The normalized spacial score (nSPS) is 16.2. The smallest absolute Gasteiger partial charge is 1.00 e. The molecule has 0 spiro atoms. The van der Waals surface area contributed by atoms with Gasteiger partial charge in [-0.15, -0.1) is 17.7 Å². The Bertz CT molecular complexity index is 415. The first-order valence-corrected chi connectivity index (χ1v) is 10.0. The third kappa shape index (κ3) is 9.31. The molecule has 3 nitrogen and oxygen atoms in total. The number of ether oxygens (including phenoxy) is 1. The Kier molecular flexibility index (Phi) is 12.4. The van der Waals surface area contributed by atoms with Crippen LogP contribution in [-0.4, -0.2) is 21.0 Å². The second-order valence-corrected chi connectivity index (χ2v) is 11.2. The first-order valence-electron chi connectivity index (χ1n) is 6.60. The van der Waals surface area contributed by atoms with E-state index in [0.717, 1.165) is 22.8 Å². The quantitative estimate of drug-likeness (QED) is 0.329. The molecule has 0 amide bonds. The molecule has 7 heteroatoms. The van der Waals surface area contributed by atoms with Crippen molar-refractivity contribution in [1.29, 1.82) is 0 Å². The van der Waals surface area contributed by atoms with Crippen molar-refractivity contribution in [3.05, 3.63) is 34.9 Å². The molecule has 0 saturated carbocycles. The van der Waals surface area contributed by atoms with E-state index >= 15 is 0 Å². The fourth-order valence-electron chi connectivity index (χ4n) is 1.61. The topological polar surface area (TPSA) is 30.5 Å². The van der Waals surface area contributed by atoms with Gasteiger partial charge in [-0.2, -0.15) is 0 Å². The first kappa shape index (κ1) is 27.0. The molecule has 0 unspecified atom stereocenters. The Morgan fingerprint density at radius 2 is 1.68 bits per heavy atom. The minimum absolute atomic E-state index is 0. The van der Waals surface area contributed by atoms with Crippen molar-refractivity contribution >= 4 is 8.32 Å². The van der Waals surface area contributed by atoms with Crippen molar-refractivity contribution in [1.82, 2.24) is 5.32 Å². The molecule has 125 valence electrons. The van der Waals surface area contributed by atoms with Crippen LogP contribution in [0, 0.1) is 6.08 Å². The molecular weight excluding hydrogens is 373 g/mol. The third-order valence-corrected chi connectivity index (χ3v) is 3.22. The van der Waals surface area contributed by atoms with Crippen molar-refractivity contribution in [3.8, 4) is 0 Å². The van der Waals surface area contributed by atoms with Crippen LogP contribution in [0.15, 0.2) is 28.9 Å². The molecule has 1 aliphatic carbocycles. The number of hydrogen-bond acceptors (Lipinski definition) is 3. The van der Waals surface area contributed by atoms with E-state index in [0.29, 0.717) is 0 Å². The fourth-order valence-corrected chi connectivity index (χ4v) is 2.43. The van der Waals surface area contributed by atoms with Crippen molar-refractivity contribution in [2.75, 3.05) is 7.11 Å². The van der Waals surface area contributed by atoms with E-state index in [2.05, 4.69) is 51.8 Å². The Balaban J connectivity index is -0.00000120. The van der Waals surface area contributed by atoms with Crippen LogP contribution >= 0.6 is 0 Å². The van der Waals surface area contributed by atoms with Crippen molar-refractivity contribution in [2.24, 2.45) is 0 Å². The summed E-state index contributed by atoms with van der Waals surface area (Å²) in [6, 6.07) is 0. The summed E-state index contributed by atoms with van der Waals surface area (Å²) >= 11 is 0. The number of allylic oxidation sites excluding steroid dienone is 4. The first-order chi connectivity index (χ1) is 8.52. The van der Waals surface area contributed by atoms with E-state index in [1.807, 2.05) is 13.0 Å². The molecule has 1 radical (unpaired) electrons. The summed E-state index contributed by atoms with van der Waals surface area (Å²) in [5, 5.41) is 3.44.